The molecule has 3 heteroatoms. The van der Waals surface area contributed by atoms with Crippen LogP contribution in [0.5, 0.6) is 5.75 Å². The van der Waals surface area contributed by atoms with Crippen LogP contribution in [-0.2, 0) is 0 Å². The fourth-order valence-corrected chi connectivity index (χ4v) is 0.835. The van der Waals surface area contributed by atoms with Crippen LogP contribution < -0.4 is 4.74 Å². The number of ether oxygens (including phenoxy) is 1. The molecular weight excluding hydrogens is 145 g/mol. The van der Waals surface area contributed by atoms with Crippen molar-refractivity contribution in [2.45, 2.75) is 18.9 Å². The summed E-state index contributed by atoms with van der Waals surface area (Å²) < 4.78 is 17.8. The molecule has 0 amide bonds. The molecule has 1 aliphatic carbocycles. The highest BCUT2D eigenvalue weighted by molar-refractivity contribution is 5.17. The van der Waals surface area contributed by atoms with Crippen molar-refractivity contribution in [3.05, 3.63) is 24.3 Å². The molecule has 0 radical (unpaired) electrons. The second kappa shape index (κ2) is 2.49. The number of rotatable bonds is 2. The predicted molar refractivity (Wildman–Crippen MR) is 37.8 cm³/mol. The van der Waals surface area contributed by atoms with E-state index in [0.717, 1.165) is 12.8 Å². The molecule has 0 aromatic carbocycles. The van der Waals surface area contributed by atoms with Crippen LogP contribution >= 0.6 is 0 Å². The average Bonchev–Trinajstić information content (AvgIpc) is 2.71. The van der Waals surface area contributed by atoms with Gasteiger partial charge in [0, 0.05) is 6.07 Å². The van der Waals surface area contributed by atoms with Gasteiger partial charge in [0.05, 0.1) is 18.5 Å². The van der Waals surface area contributed by atoms with Gasteiger partial charge in [-0.15, -0.1) is 0 Å². The van der Waals surface area contributed by atoms with E-state index in [9.17, 15) is 4.39 Å². The highest BCUT2D eigenvalue weighted by Crippen LogP contribution is 2.26. The quantitative estimate of drug-likeness (QED) is 0.645. The molecule has 1 aromatic rings. The van der Waals surface area contributed by atoms with E-state index in [0.29, 0.717) is 11.9 Å². The maximum Gasteiger partial charge on any atom is 0.145 e. The van der Waals surface area contributed by atoms with E-state index >= 15 is 0 Å². The first-order valence-electron chi connectivity index (χ1n) is 3.62. The minimum atomic E-state index is -0.344. The van der Waals surface area contributed by atoms with E-state index in [1.54, 1.807) is 0 Å². The van der Waals surface area contributed by atoms with Crippen molar-refractivity contribution in [2.75, 3.05) is 0 Å². The van der Waals surface area contributed by atoms with Gasteiger partial charge in [0.25, 0.3) is 0 Å². The molecule has 1 aliphatic rings. The Morgan fingerprint density at radius 3 is 2.91 bits per heavy atom. The smallest absolute Gasteiger partial charge is 0.145 e. The van der Waals surface area contributed by atoms with Crippen molar-refractivity contribution in [3.63, 3.8) is 0 Å². The Kier molecular flexibility index (Phi) is 1.49. The highest BCUT2D eigenvalue weighted by Gasteiger charge is 2.23. The monoisotopic (exact) mass is 153 g/mol. The van der Waals surface area contributed by atoms with Crippen LogP contribution in [0.4, 0.5) is 4.39 Å². The van der Waals surface area contributed by atoms with Crippen molar-refractivity contribution in [1.82, 2.24) is 4.98 Å². The van der Waals surface area contributed by atoms with E-state index < -0.39 is 0 Å². The lowest BCUT2D eigenvalue weighted by atomic mass is 10.4. The zero-order valence-corrected chi connectivity index (χ0v) is 5.96. The van der Waals surface area contributed by atoms with Gasteiger partial charge < -0.3 is 4.74 Å². The van der Waals surface area contributed by atoms with Crippen LogP contribution in [0.3, 0.4) is 0 Å². The normalized spacial score (nSPS) is 16.5. The molecule has 0 N–H and O–H groups in total. The maximum absolute atomic E-state index is 12.5. The molecule has 0 unspecified atom stereocenters. The summed E-state index contributed by atoms with van der Waals surface area (Å²) in [5.41, 5.74) is 0. The molecule has 0 aliphatic heterocycles. The van der Waals surface area contributed by atoms with Gasteiger partial charge in [0.2, 0.25) is 0 Å². The molecule has 0 atom stereocenters. The lowest BCUT2D eigenvalue weighted by molar-refractivity contribution is 0.300. The number of hydrogen-bond donors (Lipinski definition) is 0. The predicted octanol–water partition coefficient (Wildman–Crippen LogP) is 1.76. The molecule has 1 heterocycles. The van der Waals surface area contributed by atoms with E-state index in [1.165, 1.54) is 18.5 Å². The Bertz CT molecular complexity index is 260. The third kappa shape index (κ3) is 1.67. The molecular formula is C8H8FNO. The summed E-state index contributed by atoms with van der Waals surface area (Å²) >= 11 is 0. The second-order valence-corrected chi connectivity index (χ2v) is 2.66. The van der Waals surface area contributed by atoms with E-state index in [4.69, 9.17) is 4.74 Å². The van der Waals surface area contributed by atoms with Gasteiger partial charge in [-0.05, 0) is 12.8 Å². The zero-order chi connectivity index (χ0) is 7.68. The SMILES string of the molecule is Fc1cncc(OC2CC2)c1. The van der Waals surface area contributed by atoms with Crippen LogP contribution in [-0.4, -0.2) is 11.1 Å². The largest absolute Gasteiger partial charge is 0.489 e. The molecule has 2 nitrogen and oxygen atoms in total. The lowest BCUT2D eigenvalue weighted by Crippen LogP contribution is -1.96. The number of pyridine rings is 1. The van der Waals surface area contributed by atoms with Crippen LogP contribution in [0.1, 0.15) is 12.8 Å². The molecule has 0 bridgehead atoms. The van der Waals surface area contributed by atoms with Crippen LogP contribution in [0.2, 0.25) is 0 Å². The Labute approximate surface area is 64.0 Å². The fourth-order valence-electron chi connectivity index (χ4n) is 0.835. The Balaban J connectivity index is 2.10. The minimum Gasteiger partial charge on any atom is -0.489 e. The van der Waals surface area contributed by atoms with Gasteiger partial charge in [0.15, 0.2) is 0 Å². The van der Waals surface area contributed by atoms with Crippen LogP contribution in [0.25, 0.3) is 0 Å². The van der Waals surface area contributed by atoms with Gasteiger partial charge in [-0.1, -0.05) is 0 Å². The van der Waals surface area contributed by atoms with Crippen molar-refractivity contribution in [3.8, 4) is 5.75 Å². The van der Waals surface area contributed by atoms with Gasteiger partial charge in [-0.25, -0.2) is 4.39 Å². The molecule has 11 heavy (non-hydrogen) atoms. The summed E-state index contributed by atoms with van der Waals surface area (Å²) in [5.74, 6) is 0.190. The number of hydrogen-bond acceptors (Lipinski definition) is 2. The first-order valence-corrected chi connectivity index (χ1v) is 3.62. The van der Waals surface area contributed by atoms with Crippen molar-refractivity contribution >= 4 is 0 Å². The van der Waals surface area contributed by atoms with E-state index in [1.807, 2.05) is 0 Å². The Morgan fingerprint density at radius 1 is 1.45 bits per heavy atom. The average molecular weight is 153 g/mol. The third-order valence-electron chi connectivity index (χ3n) is 1.51. The molecule has 1 aromatic heterocycles. The van der Waals surface area contributed by atoms with E-state index in [-0.39, 0.29) is 5.82 Å². The number of aromatic nitrogens is 1. The van der Waals surface area contributed by atoms with Crippen molar-refractivity contribution in [2.24, 2.45) is 0 Å². The third-order valence-corrected chi connectivity index (χ3v) is 1.51. The summed E-state index contributed by atoms with van der Waals surface area (Å²) in [4.78, 5) is 3.67. The van der Waals surface area contributed by atoms with Gasteiger partial charge in [0.1, 0.15) is 11.6 Å². The molecule has 58 valence electrons. The van der Waals surface area contributed by atoms with Crippen molar-refractivity contribution in [1.29, 1.82) is 0 Å². The summed E-state index contributed by atoms with van der Waals surface area (Å²) in [6.45, 7) is 0. The number of nitrogens with zero attached hydrogens (tertiary/aromatic N) is 1. The molecule has 2 rings (SSSR count). The fraction of sp³-hybridized carbons (Fsp3) is 0.375. The summed E-state index contributed by atoms with van der Waals surface area (Å²) in [6, 6.07) is 1.35. The zero-order valence-electron chi connectivity index (χ0n) is 5.96. The first kappa shape index (κ1) is 6.58. The van der Waals surface area contributed by atoms with Gasteiger partial charge in [-0.2, -0.15) is 0 Å². The molecule has 0 saturated heterocycles. The second-order valence-electron chi connectivity index (χ2n) is 2.66. The maximum atomic E-state index is 12.5. The Morgan fingerprint density at radius 2 is 2.27 bits per heavy atom. The van der Waals surface area contributed by atoms with Gasteiger partial charge in [-0.3, -0.25) is 4.98 Å². The highest BCUT2D eigenvalue weighted by atomic mass is 19.1. The lowest BCUT2D eigenvalue weighted by Gasteiger charge is -2.01. The first-order chi connectivity index (χ1) is 5.34. The molecule has 1 fully saturated rings. The van der Waals surface area contributed by atoms with Crippen LogP contribution in [0, 0.1) is 5.82 Å². The summed E-state index contributed by atoms with van der Waals surface area (Å²) in [6.07, 6.45) is 5.16. The number of halogens is 1. The Hall–Kier alpha value is -1.12. The summed E-state index contributed by atoms with van der Waals surface area (Å²) in [5, 5.41) is 0. The van der Waals surface area contributed by atoms with E-state index in [2.05, 4.69) is 4.98 Å². The molecule has 1 saturated carbocycles. The summed E-state index contributed by atoms with van der Waals surface area (Å²) in [7, 11) is 0. The van der Waals surface area contributed by atoms with Crippen molar-refractivity contribution < 1.29 is 9.13 Å². The molecule has 0 spiro atoms. The topological polar surface area (TPSA) is 22.1 Å². The minimum absolute atomic E-state index is 0.304. The standard InChI is InChI=1S/C8H8FNO/c9-6-3-8(5-10-4-6)11-7-1-2-7/h3-5,7H,1-2H2. The van der Waals surface area contributed by atoms with Gasteiger partial charge >= 0.3 is 0 Å². The van der Waals surface area contributed by atoms with Crippen LogP contribution in [0.15, 0.2) is 18.5 Å².